The quantitative estimate of drug-likeness (QED) is 0.360. The van der Waals surface area contributed by atoms with Crippen LogP contribution in [0.3, 0.4) is 0 Å². The summed E-state index contributed by atoms with van der Waals surface area (Å²) in [6, 6.07) is 10.3. The van der Waals surface area contributed by atoms with Crippen molar-refractivity contribution in [1.82, 2.24) is 20.9 Å². The lowest BCUT2D eigenvalue weighted by Crippen LogP contribution is -2.38. The predicted molar refractivity (Wildman–Crippen MR) is 118 cm³/mol. The zero-order valence-corrected chi connectivity index (χ0v) is 17.9. The van der Waals surface area contributed by atoms with Crippen LogP contribution >= 0.6 is 0 Å². The van der Waals surface area contributed by atoms with E-state index in [-0.39, 0.29) is 0 Å². The third-order valence-electron chi connectivity index (χ3n) is 4.02. The van der Waals surface area contributed by atoms with Gasteiger partial charge in [-0.25, -0.2) is 4.79 Å². The average Bonchev–Trinajstić information content (AvgIpc) is 2.66. The molecule has 0 saturated heterocycles. The number of hydrogen-bond acceptors (Lipinski definition) is 4. The van der Waals surface area contributed by atoms with Crippen LogP contribution in [0.5, 0.6) is 0 Å². The van der Waals surface area contributed by atoms with E-state index in [1.54, 1.807) is 0 Å². The van der Waals surface area contributed by atoms with Crippen LogP contribution in [0.25, 0.3) is 10.9 Å². The van der Waals surface area contributed by atoms with Crippen LogP contribution in [0.2, 0.25) is 0 Å². The van der Waals surface area contributed by atoms with E-state index < -0.39 is 11.7 Å². The standard InChI is InChI=1S/C22H33N5O2/c1-5-23-20(25-14-8-15-27-21(28)29-22(2,3)4)26-16-12-18-10-6-9-17-11-7-13-24-19(17)18/h6-7,9-11,13H,5,8,12,14-16H2,1-4H3,(H,27,28)(H2,23,25,26). The summed E-state index contributed by atoms with van der Waals surface area (Å²) in [6.07, 6.45) is 3.04. The van der Waals surface area contributed by atoms with Gasteiger partial charge in [0.15, 0.2) is 5.96 Å². The summed E-state index contributed by atoms with van der Waals surface area (Å²) in [5, 5.41) is 10.5. The number of fused-ring (bicyclic) bond motifs is 1. The first-order chi connectivity index (χ1) is 13.9. The van der Waals surface area contributed by atoms with Gasteiger partial charge in [0.25, 0.3) is 0 Å². The molecule has 0 radical (unpaired) electrons. The Morgan fingerprint density at radius 2 is 1.90 bits per heavy atom. The molecule has 2 rings (SSSR count). The molecular formula is C22H33N5O2. The molecule has 2 aromatic rings. The lowest BCUT2D eigenvalue weighted by molar-refractivity contribution is 0.0527. The maximum absolute atomic E-state index is 11.6. The molecule has 3 N–H and O–H groups in total. The number of nitrogens with zero attached hydrogens (tertiary/aromatic N) is 2. The third kappa shape index (κ3) is 8.37. The number of rotatable bonds is 8. The second-order valence-corrected chi connectivity index (χ2v) is 7.71. The Hall–Kier alpha value is -2.83. The fourth-order valence-corrected chi connectivity index (χ4v) is 2.80. The van der Waals surface area contributed by atoms with E-state index in [1.807, 2.05) is 40.0 Å². The number of benzene rings is 1. The molecule has 0 unspecified atom stereocenters. The molecule has 1 aromatic carbocycles. The normalized spacial score (nSPS) is 11.9. The van der Waals surface area contributed by atoms with Crippen LogP contribution in [-0.4, -0.2) is 48.8 Å². The van der Waals surface area contributed by atoms with Crippen LogP contribution in [-0.2, 0) is 11.2 Å². The smallest absolute Gasteiger partial charge is 0.407 e. The number of aromatic nitrogens is 1. The first kappa shape index (κ1) is 22.5. The number of aliphatic imine (C=N–C) groups is 1. The Kier molecular flexibility index (Phi) is 8.70. The Morgan fingerprint density at radius 3 is 2.66 bits per heavy atom. The van der Waals surface area contributed by atoms with E-state index in [9.17, 15) is 4.79 Å². The van der Waals surface area contributed by atoms with Gasteiger partial charge in [-0.1, -0.05) is 24.3 Å². The van der Waals surface area contributed by atoms with E-state index >= 15 is 0 Å². The molecule has 158 valence electrons. The van der Waals surface area contributed by atoms with Gasteiger partial charge in [0.1, 0.15) is 5.60 Å². The Balaban J connectivity index is 1.76. The zero-order chi connectivity index (χ0) is 21.1. The molecule has 0 bridgehead atoms. The summed E-state index contributed by atoms with van der Waals surface area (Å²) in [7, 11) is 0. The summed E-state index contributed by atoms with van der Waals surface area (Å²) >= 11 is 0. The van der Waals surface area contributed by atoms with Crippen molar-refractivity contribution in [3.8, 4) is 0 Å². The number of guanidine groups is 1. The van der Waals surface area contributed by atoms with Crippen molar-refractivity contribution >= 4 is 23.0 Å². The summed E-state index contributed by atoms with van der Waals surface area (Å²) in [5.41, 5.74) is 1.78. The summed E-state index contributed by atoms with van der Waals surface area (Å²) in [4.78, 5) is 20.7. The third-order valence-corrected chi connectivity index (χ3v) is 4.02. The van der Waals surface area contributed by atoms with Gasteiger partial charge in [-0.3, -0.25) is 9.98 Å². The van der Waals surface area contributed by atoms with E-state index in [1.165, 1.54) is 5.56 Å². The summed E-state index contributed by atoms with van der Waals surface area (Å²) < 4.78 is 5.21. The molecule has 7 nitrogen and oxygen atoms in total. The fourth-order valence-electron chi connectivity index (χ4n) is 2.80. The van der Waals surface area contributed by atoms with Gasteiger partial charge in [0.05, 0.1) is 5.52 Å². The van der Waals surface area contributed by atoms with Crippen molar-refractivity contribution in [3.05, 3.63) is 42.1 Å². The van der Waals surface area contributed by atoms with Crippen molar-refractivity contribution in [2.45, 2.75) is 46.1 Å². The molecule has 0 aliphatic rings. The molecule has 0 aliphatic heterocycles. The van der Waals surface area contributed by atoms with Crippen molar-refractivity contribution in [1.29, 1.82) is 0 Å². The maximum atomic E-state index is 11.6. The van der Waals surface area contributed by atoms with Crippen LogP contribution in [0.15, 0.2) is 41.5 Å². The number of pyridine rings is 1. The molecule has 0 atom stereocenters. The molecule has 1 amide bonds. The van der Waals surface area contributed by atoms with E-state index in [4.69, 9.17) is 4.74 Å². The molecular weight excluding hydrogens is 366 g/mol. The number of hydrogen-bond donors (Lipinski definition) is 3. The number of carbonyl (C=O) groups is 1. The molecule has 0 fully saturated rings. The minimum absolute atomic E-state index is 0.393. The predicted octanol–water partition coefficient (Wildman–Crippen LogP) is 3.25. The van der Waals surface area contributed by atoms with Gasteiger partial charge in [0, 0.05) is 37.8 Å². The number of carbonyl (C=O) groups excluding carboxylic acids is 1. The number of ether oxygens (including phenoxy) is 1. The minimum Gasteiger partial charge on any atom is -0.444 e. The van der Waals surface area contributed by atoms with Gasteiger partial charge >= 0.3 is 6.09 Å². The maximum Gasteiger partial charge on any atom is 0.407 e. The van der Waals surface area contributed by atoms with Gasteiger partial charge in [-0.05, 0) is 52.2 Å². The van der Waals surface area contributed by atoms with Crippen LogP contribution in [0, 0.1) is 0 Å². The highest BCUT2D eigenvalue weighted by Crippen LogP contribution is 2.15. The molecule has 1 heterocycles. The Bertz CT molecular complexity index is 809. The van der Waals surface area contributed by atoms with Crippen molar-refractivity contribution < 1.29 is 9.53 Å². The summed E-state index contributed by atoms with van der Waals surface area (Å²) in [5.74, 6) is 0.776. The molecule has 0 saturated carbocycles. The van der Waals surface area contributed by atoms with Gasteiger partial charge in [-0.15, -0.1) is 0 Å². The first-order valence-electron chi connectivity index (χ1n) is 10.2. The minimum atomic E-state index is -0.482. The van der Waals surface area contributed by atoms with Crippen LogP contribution < -0.4 is 16.0 Å². The second-order valence-electron chi connectivity index (χ2n) is 7.71. The van der Waals surface area contributed by atoms with Crippen molar-refractivity contribution in [2.24, 2.45) is 4.99 Å². The zero-order valence-electron chi connectivity index (χ0n) is 17.9. The average molecular weight is 400 g/mol. The van der Waals surface area contributed by atoms with E-state index in [0.29, 0.717) is 13.1 Å². The highest BCUT2D eigenvalue weighted by Gasteiger charge is 2.15. The molecule has 1 aromatic heterocycles. The van der Waals surface area contributed by atoms with Gasteiger partial charge < -0.3 is 20.7 Å². The second kappa shape index (κ2) is 11.2. The number of alkyl carbamates (subject to hydrolysis) is 1. The van der Waals surface area contributed by atoms with E-state index in [0.717, 1.165) is 42.8 Å². The SMILES string of the molecule is CCNC(=NCCCNC(=O)OC(C)(C)C)NCCc1cccc2cccnc12. The monoisotopic (exact) mass is 399 g/mol. The lowest BCUT2D eigenvalue weighted by Gasteiger charge is -2.19. The molecule has 29 heavy (non-hydrogen) atoms. The van der Waals surface area contributed by atoms with Crippen LogP contribution in [0.4, 0.5) is 4.79 Å². The largest absolute Gasteiger partial charge is 0.444 e. The molecule has 0 spiro atoms. The molecule has 7 heteroatoms. The van der Waals surface area contributed by atoms with Crippen LogP contribution in [0.1, 0.15) is 39.7 Å². The Morgan fingerprint density at radius 1 is 1.10 bits per heavy atom. The highest BCUT2D eigenvalue weighted by molar-refractivity contribution is 5.82. The topological polar surface area (TPSA) is 87.6 Å². The first-order valence-corrected chi connectivity index (χ1v) is 10.2. The van der Waals surface area contributed by atoms with Gasteiger partial charge in [-0.2, -0.15) is 0 Å². The number of para-hydroxylation sites is 1. The molecule has 0 aliphatic carbocycles. The number of nitrogens with one attached hydrogen (secondary N) is 3. The van der Waals surface area contributed by atoms with E-state index in [2.05, 4.69) is 50.2 Å². The van der Waals surface area contributed by atoms with Crippen molar-refractivity contribution in [2.75, 3.05) is 26.2 Å². The summed E-state index contributed by atoms with van der Waals surface area (Å²) in [6.45, 7) is 10.3. The highest BCUT2D eigenvalue weighted by atomic mass is 16.6. The Labute approximate surface area is 173 Å². The van der Waals surface area contributed by atoms with Crippen molar-refractivity contribution in [3.63, 3.8) is 0 Å². The number of amides is 1. The lowest BCUT2D eigenvalue weighted by atomic mass is 10.1. The van der Waals surface area contributed by atoms with Gasteiger partial charge in [0.2, 0.25) is 0 Å². The fraction of sp³-hybridized carbons (Fsp3) is 0.500.